The van der Waals surface area contributed by atoms with Gasteiger partial charge in [0.25, 0.3) is 5.91 Å². The summed E-state index contributed by atoms with van der Waals surface area (Å²) in [7, 11) is 3.65. The zero-order valence-corrected chi connectivity index (χ0v) is 19.5. The van der Waals surface area contributed by atoms with E-state index in [0.29, 0.717) is 47.2 Å². The maximum absolute atomic E-state index is 13.6. The van der Waals surface area contributed by atoms with Crippen LogP contribution in [-0.2, 0) is 6.54 Å². The number of halogens is 1. The number of rotatable bonds is 5. The van der Waals surface area contributed by atoms with Gasteiger partial charge in [-0.2, -0.15) is 5.26 Å². The second kappa shape index (κ2) is 10.1. The van der Waals surface area contributed by atoms with Crippen LogP contribution in [0.5, 0.6) is 5.75 Å². The summed E-state index contributed by atoms with van der Waals surface area (Å²) in [5.74, 6) is 0.549. The minimum absolute atomic E-state index is 0.0580. The predicted molar refractivity (Wildman–Crippen MR) is 130 cm³/mol. The zero-order chi connectivity index (χ0) is 23.4. The van der Waals surface area contributed by atoms with E-state index in [1.165, 1.54) is 0 Å². The van der Waals surface area contributed by atoms with Crippen LogP contribution in [0.3, 0.4) is 0 Å². The molecule has 1 N–H and O–H groups in total. The molecular formula is C25H26ClN5O2. The maximum Gasteiger partial charge on any atom is 0.257 e. The number of nitrogens with zero attached hydrogens (tertiary/aromatic N) is 4. The Morgan fingerprint density at radius 1 is 1.21 bits per heavy atom. The Bertz CT molecular complexity index is 1220. The summed E-state index contributed by atoms with van der Waals surface area (Å²) in [5.41, 5.74) is 3.35. The highest BCUT2D eigenvalue weighted by Gasteiger charge is 2.23. The molecule has 0 spiro atoms. The summed E-state index contributed by atoms with van der Waals surface area (Å²) in [6.45, 7) is 3.61. The lowest BCUT2D eigenvalue weighted by Gasteiger charge is -2.23. The number of carbonyl (C=O) groups is 1. The van der Waals surface area contributed by atoms with Gasteiger partial charge in [0.2, 0.25) is 0 Å². The largest absolute Gasteiger partial charge is 0.495 e. The number of nitrogens with one attached hydrogen (secondary N) is 1. The van der Waals surface area contributed by atoms with E-state index in [-0.39, 0.29) is 5.91 Å². The molecule has 0 saturated carbocycles. The maximum atomic E-state index is 13.6. The first kappa shape index (κ1) is 22.8. The van der Waals surface area contributed by atoms with Crippen molar-refractivity contribution in [2.75, 3.05) is 45.7 Å². The molecule has 1 saturated heterocycles. The number of hydrogen-bond acceptors (Lipinski definition) is 6. The van der Waals surface area contributed by atoms with E-state index in [0.717, 1.165) is 36.0 Å². The molecule has 8 heteroatoms. The smallest absolute Gasteiger partial charge is 0.257 e. The summed E-state index contributed by atoms with van der Waals surface area (Å²) in [5, 5.41) is 14.1. The van der Waals surface area contributed by atoms with Crippen LogP contribution in [0, 0.1) is 11.3 Å². The van der Waals surface area contributed by atoms with Crippen LogP contribution in [0.2, 0.25) is 5.02 Å². The molecule has 2 heterocycles. The molecule has 170 valence electrons. The average molecular weight is 464 g/mol. The Morgan fingerprint density at radius 3 is 2.82 bits per heavy atom. The molecular weight excluding hydrogens is 438 g/mol. The van der Waals surface area contributed by atoms with Crippen molar-refractivity contribution in [3.8, 4) is 11.8 Å². The number of ether oxygens (including phenoxy) is 1. The number of amides is 1. The quantitative estimate of drug-likeness (QED) is 0.612. The zero-order valence-electron chi connectivity index (χ0n) is 18.8. The average Bonchev–Trinajstić information content (AvgIpc) is 3.06. The van der Waals surface area contributed by atoms with E-state index in [2.05, 4.69) is 28.3 Å². The molecule has 0 unspecified atom stereocenters. The fourth-order valence-corrected chi connectivity index (χ4v) is 4.33. The highest BCUT2D eigenvalue weighted by Crippen LogP contribution is 2.30. The monoisotopic (exact) mass is 463 g/mol. The molecule has 0 bridgehead atoms. The lowest BCUT2D eigenvalue weighted by molar-refractivity contribution is 0.0763. The SMILES string of the molecule is COc1ccc(CNc2c(C(=O)N3CCCN(C)CC3)cnc3ccc(C#N)cc23)cc1Cl. The molecule has 4 rings (SSSR count). The normalized spacial score (nSPS) is 14.5. The van der Waals surface area contributed by atoms with E-state index in [9.17, 15) is 10.1 Å². The third-order valence-electron chi connectivity index (χ3n) is 5.92. The van der Waals surface area contributed by atoms with Crippen LogP contribution in [0.25, 0.3) is 10.9 Å². The van der Waals surface area contributed by atoms with Crippen molar-refractivity contribution in [1.82, 2.24) is 14.8 Å². The molecule has 1 amide bonds. The van der Waals surface area contributed by atoms with Crippen LogP contribution >= 0.6 is 11.6 Å². The van der Waals surface area contributed by atoms with Crippen LogP contribution in [0.1, 0.15) is 27.9 Å². The number of nitriles is 1. The van der Waals surface area contributed by atoms with Gasteiger partial charge in [0.1, 0.15) is 5.75 Å². The number of pyridine rings is 1. The number of methoxy groups -OCH3 is 1. The highest BCUT2D eigenvalue weighted by molar-refractivity contribution is 6.32. The fourth-order valence-electron chi connectivity index (χ4n) is 4.04. The van der Waals surface area contributed by atoms with Gasteiger partial charge < -0.3 is 19.9 Å². The van der Waals surface area contributed by atoms with Gasteiger partial charge in [0, 0.05) is 37.8 Å². The first-order valence-corrected chi connectivity index (χ1v) is 11.2. The summed E-state index contributed by atoms with van der Waals surface area (Å²) in [4.78, 5) is 22.2. The van der Waals surface area contributed by atoms with Gasteiger partial charge in [-0.25, -0.2) is 0 Å². The second-order valence-corrected chi connectivity index (χ2v) is 8.57. The Labute approximate surface area is 198 Å². The standard InChI is InChI=1S/C25H26ClN5O2/c1-30-8-3-9-31(11-10-30)25(32)20-16-28-22-6-4-17(14-27)12-19(22)24(20)29-15-18-5-7-23(33-2)21(26)13-18/h4-7,12-13,16H,3,8-11,15H2,1-2H3,(H,28,29). The van der Waals surface area contributed by atoms with Crippen LogP contribution in [-0.4, -0.2) is 61.0 Å². The summed E-state index contributed by atoms with van der Waals surface area (Å²) >= 11 is 6.29. The Hall–Kier alpha value is -3.34. The Morgan fingerprint density at radius 2 is 2.06 bits per heavy atom. The number of aromatic nitrogens is 1. The third-order valence-corrected chi connectivity index (χ3v) is 6.22. The van der Waals surface area contributed by atoms with Gasteiger partial charge >= 0.3 is 0 Å². The van der Waals surface area contributed by atoms with Crippen molar-refractivity contribution < 1.29 is 9.53 Å². The lowest BCUT2D eigenvalue weighted by Crippen LogP contribution is -2.35. The number of anilines is 1. The summed E-state index contributed by atoms with van der Waals surface area (Å²) < 4.78 is 5.24. The van der Waals surface area contributed by atoms with Crippen molar-refractivity contribution >= 4 is 34.1 Å². The minimum atomic E-state index is -0.0580. The van der Waals surface area contributed by atoms with Gasteiger partial charge in [-0.1, -0.05) is 17.7 Å². The second-order valence-electron chi connectivity index (χ2n) is 8.16. The van der Waals surface area contributed by atoms with Crippen molar-refractivity contribution in [2.45, 2.75) is 13.0 Å². The Kier molecular flexibility index (Phi) is 6.97. The fraction of sp³-hybridized carbons (Fsp3) is 0.320. The molecule has 3 aromatic rings. The summed E-state index contributed by atoms with van der Waals surface area (Å²) in [6, 6.07) is 13.1. The molecule has 7 nitrogen and oxygen atoms in total. The van der Waals surface area contributed by atoms with Gasteiger partial charge in [-0.3, -0.25) is 9.78 Å². The first-order chi connectivity index (χ1) is 16.0. The molecule has 2 aromatic carbocycles. The molecule has 1 aliphatic rings. The van der Waals surface area contributed by atoms with Crippen molar-refractivity contribution in [1.29, 1.82) is 5.26 Å². The third kappa shape index (κ3) is 5.03. The van der Waals surface area contributed by atoms with Crippen LogP contribution < -0.4 is 10.1 Å². The number of likely N-dealkylation sites (N-methyl/N-ethyl adjacent to an activating group) is 1. The number of benzene rings is 2. The number of fused-ring (bicyclic) bond motifs is 1. The number of hydrogen-bond donors (Lipinski definition) is 1. The van der Waals surface area contributed by atoms with E-state index >= 15 is 0 Å². The number of carbonyl (C=O) groups excluding carboxylic acids is 1. The van der Waals surface area contributed by atoms with Crippen molar-refractivity contribution in [3.05, 3.63) is 64.3 Å². The lowest BCUT2D eigenvalue weighted by atomic mass is 10.0. The first-order valence-electron chi connectivity index (χ1n) is 10.9. The van der Waals surface area contributed by atoms with Gasteiger partial charge in [-0.15, -0.1) is 0 Å². The molecule has 0 aliphatic carbocycles. The van der Waals surface area contributed by atoms with Crippen molar-refractivity contribution in [3.63, 3.8) is 0 Å². The van der Waals surface area contributed by atoms with Gasteiger partial charge in [0.15, 0.2) is 0 Å². The minimum Gasteiger partial charge on any atom is -0.495 e. The van der Waals surface area contributed by atoms with Gasteiger partial charge in [0.05, 0.1) is 40.5 Å². The van der Waals surface area contributed by atoms with Crippen LogP contribution in [0.15, 0.2) is 42.6 Å². The van der Waals surface area contributed by atoms with E-state index < -0.39 is 0 Å². The van der Waals surface area contributed by atoms with E-state index in [1.54, 1.807) is 31.5 Å². The topological polar surface area (TPSA) is 81.5 Å². The predicted octanol–water partition coefficient (Wildman–Crippen LogP) is 4.16. The highest BCUT2D eigenvalue weighted by atomic mass is 35.5. The Balaban J connectivity index is 1.72. The van der Waals surface area contributed by atoms with E-state index in [4.69, 9.17) is 16.3 Å². The molecule has 1 fully saturated rings. The summed E-state index contributed by atoms with van der Waals surface area (Å²) in [6.07, 6.45) is 2.56. The molecule has 0 radical (unpaired) electrons. The molecule has 1 aliphatic heterocycles. The molecule has 33 heavy (non-hydrogen) atoms. The molecule has 1 aromatic heterocycles. The van der Waals surface area contributed by atoms with Gasteiger partial charge in [-0.05, 0) is 55.9 Å². The van der Waals surface area contributed by atoms with Crippen LogP contribution in [0.4, 0.5) is 5.69 Å². The van der Waals surface area contributed by atoms with Crippen molar-refractivity contribution in [2.24, 2.45) is 0 Å². The molecule has 0 atom stereocenters. The van der Waals surface area contributed by atoms with E-state index in [1.807, 2.05) is 23.1 Å².